The van der Waals surface area contributed by atoms with Crippen molar-refractivity contribution in [2.24, 2.45) is 0 Å². The van der Waals surface area contributed by atoms with Crippen molar-refractivity contribution < 1.29 is 14.2 Å². The monoisotopic (exact) mass is 421 g/mol. The number of benzene rings is 2. The highest BCUT2D eigenvalue weighted by atomic mass is 16.6. The zero-order valence-corrected chi connectivity index (χ0v) is 17.2. The number of nitro benzene ring substituents is 1. The quantitative estimate of drug-likeness (QED) is 0.444. The van der Waals surface area contributed by atoms with Crippen LogP contribution in [0.5, 0.6) is 0 Å². The largest absolute Gasteiger partial charge is 0.336 e. The van der Waals surface area contributed by atoms with Gasteiger partial charge < -0.3 is 9.42 Å². The summed E-state index contributed by atoms with van der Waals surface area (Å²) in [4.78, 5) is 31.4. The predicted octanol–water partition coefficient (Wildman–Crippen LogP) is 3.38. The first-order chi connectivity index (χ1) is 15.0. The van der Waals surface area contributed by atoms with Gasteiger partial charge in [-0.3, -0.25) is 19.8 Å². The fraction of sp³-hybridized carbons (Fsp3) is 0.318. The number of likely N-dealkylation sites (tertiary alicyclic amines) is 1. The first kappa shape index (κ1) is 20.7. The first-order valence-corrected chi connectivity index (χ1v) is 10.1. The lowest BCUT2D eigenvalue weighted by Crippen LogP contribution is -2.45. The highest BCUT2D eigenvalue weighted by Gasteiger charge is 2.28. The maximum absolute atomic E-state index is 12.8. The van der Waals surface area contributed by atoms with Crippen LogP contribution in [0.15, 0.2) is 59.1 Å². The van der Waals surface area contributed by atoms with Crippen LogP contribution in [0.2, 0.25) is 0 Å². The number of hydrogen-bond donors (Lipinski definition) is 0. The molecule has 3 aromatic rings. The van der Waals surface area contributed by atoms with Crippen molar-refractivity contribution in [3.63, 3.8) is 0 Å². The van der Waals surface area contributed by atoms with E-state index < -0.39 is 4.92 Å². The molecule has 0 bridgehead atoms. The van der Waals surface area contributed by atoms with E-state index in [1.807, 2.05) is 18.2 Å². The molecule has 160 valence electrons. The van der Waals surface area contributed by atoms with Gasteiger partial charge in [-0.25, -0.2) is 0 Å². The molecule has 0 spiro atoms. The Labute approximate surface area is 179 Å². The summed E-state index contributed by atoms with van der Waals surface area (Å²) in [6.45, 7) is 2.74. The van der Waals surface area contributed by atoms with E-state index in [1.165, 1.54) is 29.8 Å². The third kappa shape index (κ3) is 4.77. The van der Waals surface area contributed by atoms with Gasteiger partial charge in [-0.05, 0) is 30.5 Å². The second-order valence-corrected chi connectivity index (χ2v) is 7.64. The number of rotatable bonds is 6. The molecule has 1 saturated heterocycles. The van der Waals surface area contributed by atoms with Gasteiger partial charge in [-0.1, -0.05) is 35.5 Å². The van der Waals surface area contributed by atoms with Crippen LogP contribution in [-0.4, -0.2) is 56.9 Å². The van der Waals surface area contributed by atoms with Crippen molar-refractivity contribution in [1.29, 1.82) is 0 Å². The number of hydrogen-bond acceptors (Lipinski definition) is 7. The van der Waals surface area contributed by atoms with E-state index in [2.05, 4.69) is 27.2 Å². The molecular weight excluding hydrogens is 398 g/mol. The van der Waals surface area contributed by atoms with Crippen LogP contribution >= 0.6 is 0 Å². The molecule has 1 amide bonds. The van der Waals surface area contributed by atoms with E-state index >= 15 is 0 Å². The second-order valence-electron chi connectivity index (χ2n) is 7.64. The van der Waals surface area contributed by atoms with E-state index in [0.717, 1.165) is 32.5 Å². The van der Waals surface area contributed by atoms with Crippen molar-refractivity contribution >= 4 is 11.6 Å². The standard InChI is InChI=1S/C22H23N5O4/c1-25(18-11-13-26(14-12-18)15-16-5-3-2-4-6-16)22(28)20-23-21(31-24-20)17-7-9-19(10-8-17)27(29)30/h2-10,18H,11-15H2,1H3. The molecule has 0 unspecified atom stereocenters. The molecule has 0 radical (unpaired) electrons. The summed E-state index contributed by atoms with van der Waals surface area (Å²) in [7, 11) is 1.77. The Bertz CT molecular complexity index is 1040. The van der Waals surface area contributed by atoms with Gasteiger partial charge in [-0.2, -0.15) is 4.98 Å². The van der Waals surface area contributed by atoms with Gasteiger partial charge in [0.15, 0.2) is 0 Å². The van der Waals surface area contributed by atoms with Crippen LogP contribution in [0.4, 0.5) is 5.69 Å². The van der Waals surface area contributed by atoms with Crippen molar-refractivity contribution in [1.82, 2.24) is 19.9 Å². The Balaban J connectivity index is 1.35. The lowest BCUT2D eigenvalue weighted by Gasteiger charge is -2.36. The van der Waals surface area contributed by atoms with Gasteiger partial charge in [0.2, 0.25) is 0 Å². The van der Waals surface area contributed by atoms with Crippen molar-refractivity contribution in [3.05, 3.63) is 76.1 Å². The van der Waals surface area contributed by atoms with Crippen LogP contribution in [0.3, 0.4) is 0 Å². The smallest absolute Gasteiger partial charge is 0.295 e. The summed E-state index contributed by atoms with van der Waals surface area (Å²) < 4.78 is 5.21. The predicted molar refractivity (Wildman–Crippen MR) is 113 cm³/mol. The minimum atomic E-state index is -0.480. The summed E-state index contributed by atoms with van der Waals surface area (Å²) in [5.41, 5.74) is 1.78. The van der Waals surface area contributed by atoms with Gasteiger partial charge in [-0.15, -0.1) is 0 Å². The molecule has 0 N–H and O–H groups in total. The van der Waals surface area contributed by atoms with E-state index in [1.54, 1.807) is 11.9 Å². The Morgan fingerprint density at radius 2 is 1.84 bits per heavy atom. The number of piperidine rings is 1. The molecule has 9 nitrogen and oxygen atoms in total. The summed E-state index contributed by atoms with van der Waals surface area (Å²) in [6.07, 6.45) is 1.75. The fourth-order valence-electron chi connectivity index (χ4n) is 3.78. The normalized spacial score (nSPS) is 15.0. The number of aromatic nitrogens is 2. The maximum Gasteiger partial charge on any atom is 0.295 e. The molecule has 1 fully saturated rings. The number of non-ortho nitro benzene ring substituents is 1. The van der Waals surface area contributed by atoms with E-state index in [9.17, 15) is 14.9 Å². The summed E-state index contributed by atoms with van der Waals surface area (Å²) in [6, 6.07) is 16.2. The molecular formula is C22H23N5O4. The SMILES string of the molecule is CN(C(=O)c1noc(-c2ccc([N+](=O)[O-])cc2)n1)C1CCN(Cc2ccccc2)CC1. The highest BCUT2D eigenvalue weighted by molar-refractivity contribution is 5.90. The topological polar surface area (TPSA) is 106 Å². The van der Waals surface area contributed by atoms with E-state index in [4.69, 9.17) is 4.52 Å². The lowest BCUT2D eigenvalue weighted by molar-refractivity contribution is -0.384. The average Bonchev–Trinajstić information content (AvgIpc) is 3.30. The van der Waals surface area contributed by atoms with Crippen LogP contribution in [0.1, 0.15) is 29.0 Å². The van der Waals surface area contributed by atoms with Crippen LogP contribution in [-0.2, 0) is 6.54 Å². The van der Waals surface area contributed by atoms with Gasteiger partial charge in [0.05, 0.1) is 4.92 Å². The number of amides is 1. The van der Waals surface area contributed by atoms with Gasteiger partial charge in [0.25, 0.3) is 23.3 Å². The van der Waals surface area contributed by atoms with Crippen LogP contribution in [0, 0.1) is 10.1 Å². The van der Waals surface area contributed by atoms with Crippen LogP contribution < -0.4 is 0 Å². The number of nitro groups is 1. The van der Waals surface area contributed by atoms with Crippen LogP contribution in [0.25, 0.3) is 11.5 Å². The van der Waals surface area contributed by atoms with E-state index in [-0.39, 0.29) is 29.4 Å². The molecule has 1 aliphatic rings. The summed E-state index contributed by atoms with van der Waals surface area (Å²) in [5.74, 6) is -0.148. The van der Waals surface area contributed by atoms with E-state index in [0.29, 0.717) is 5.56 Å². The number of nitrogens with zero attached hydrogens (tertiary/aromatic N) is 5. The molecule has 9 heteroatoms. The molecule has 2 heterocycles. The molecule has 4 rings (SSSR count). The fourth-order valence-corrected chi connectivity index (χ4v) is 3.78. The van der Waals surface area contributed by atoms with Crippen molar-refractivity contribution in [3.8, 4) is 11.5 Å². The second kappa shape index (κ2) is 9.05. The Morgan fingerprint density at radius 3 is 2.48 bits per heavy atom. The molecule has 0 saturated carbocycles. The highest BCUT2D eigenvalue weighted by Crippen LogP contribution is 2.22. The molecule has 1 aliphatic heterocycles. The third-order valence-corrected chi connectivity index (χ3v) is 5.62. The summed E-state index contributed by atoms with van der Waals surface area (Å²) >= 11 is 0. The Hall–Kier alpha value is -3.59. The van der Waals surface area contributed by atoms with Gasteiger partial charge in [0.1, 0.15) is 0 Å². The van der Waals surface area contributed by atoms with Gasteiger partial charge in [0, 0.05) is 50.4 Å². The first-order valence-electron chi connectivity index (χ1n) is 10.1. The van der Waals surface area contributed by atoms with Crippen molar-refractivity contribution in [2.45, 2.75) is 25.4 Å². The lowest BCUT2D eigenvalue weighted by atomic mass is 10.0. The number of carbonyl (C=O) groups excluding carboxylic acids is 1. The Morgan fingerprint density at radius 1 is 1.16 bits per heavy atom. The molecule has 0 aliphatic carbocycles. The number of carbonyl (C=O) groups is 1. The Kier molecular flexibility index (Phi) is 6.03. The molecule has 2 aromatic carbocycles. The average molecular weight is 421 g/mol. The molecule has 0 atom stereocenters. The van der Waals surface area contributed by atoms with Gasteiger partial charge >= 0.3 is 0 Å². The zero-order valence-electron chi connectivity index (χ0n) is 17.2. The van der Waals surface area contributed by atoms with Crippen molar-refractivity contribution in [2.75, 3.05) is 20.1 Å². The third-order valence-electron chi connectivity index (χ3n) is 5.62. The minimum Gasteiger partial charge on any atom is -0.336 e. The molecule has 1 aromatic heterocycles. The maximum atomic E-state index is 12.8. The minimum absolute atomic E-state index is 0.0115. The zero-order chi connectivity index (χ0) is 21.8. The molecule has 31 heavy (non-hydrogen) atoms. The summed E-state index contributed by atoms with van der Waals surface area (Å²) in [5, 5.41) is 14.6.